The highest BCUT2D eigenvalue weighted by atomic mass is 32.1. The summed E-state index contributed by atoms with van der Waals surface area (Å²) >= 11 is 0.395. The van der Waals surface area contributed by atoms with E-state index in [0.717, 1.165) is 6.07 Å². The Balaban J connectivity index is 2.84. The predicted octanol–water partition coefficient (Wildman–Crippen LogP) is 4.25. The number of rotatable bonds is 2. The summed E-state index contributed by atoms with van der Waals surface area (Å²) in [6.45, 7) is 0. The number of hydrogen-bond donors (Lipinski definition) is 1. The minimum absolute atomic E-state index is 0.0684. The second-order valence-corrected chi connectivity index (χ2v) is 4.73. The zero-order chi connectivity index (χ0) is 14.4. The largest absolute Gasteiger partial charge is 0.477 e. The molecule has 0 bridgehead atoms. The Labute approximate surface area is 107 Å². The van der Waals surface area contributed by atoms with Crippen LogP contribution < -0.4 is 0 Å². The van der Waals surface area contributed by atoms with Crippen molar-refractivity contribution in [3.63, 3.8) is 0 Å². The molecule has 0 saturated heterocycles. The van der Waals surface area contributed by atoms with Gasteiger partial charge in [0.05, 0.1) is 5.56 Å². The van der Waals surface area contributed by atoms with Gasteiger partial charge in [0.15, 0.2) is 0 Å². The van der Waals surface area contributed by atoms with Gasteiger partial charge in [-0.25, -0.2) is 4.79 Å². The van der Waals surface area contributed by atoms with Gasteiger partial charge in [0, 0.05) is 10.1 Å². The highest BCUT2D eigenvalue weighted by Gasteiger charge is 2.61. The monoisotopic (exact) mass is 296 g/mol. The van der Waals surface area contributed by atoms with Crippen LogP contribution in [0, 0.1) is 0 Å². The number of carboxylic acid groups (broad SMARTS) is 1. The lowest BCUT2D eigenvalue weighted by atomic mass is 10.0. The van der Waals surface area contributed by atoms with Gasteiger partial charge < -0.3 is 5.11 Å². The molecule has 0 saturated carbocycles. The van der Waals surface area contributed by atoms with Gasteiger partial charge in [-0.05, 0) is 6.07 Å². The normalized spacial score (nSPS) is 12.9. The third-order valence-electron chi connectivity index (χ3n) is 2.46. The van der Waals surface area contributed by atoms with Gasteiger partial charge >= 0.3 is 18.1 Å². The number of carboxylic acids is 1. The number of alkyl halides is 5. The summed E-state index contributed by atoms with van der Waals surface area (Å²) < 4.78 is 64.3. The number of fused-ring (bicyclic) bond motifs is 1. The predicted molar refractivity (Wildman–Crippen MR) is 58.7 cm³/mol. The van der Waals surface area contributed by atoms with Crippen molar-refractivity contribution >= 4 is 27.4 Å². The Kier molecular flexibility index (Phi) is 3.00. The van der Waals surface area contributed by atoms with E-state index in [1.54, 1.807) is 0 Å². The standard InChI is InChI=1S/C11H5F5O2S/c12-10(13,11(14,15)16)7-5-3-1-2-4-6(5)19-8(7)9(17)18/h1-4H,(H,17,18). The van der Waals surface area contributed by atoms with E-state index in [2.05, 4.69) is 0 Å². The molecule has 0 aliphatic carbocycles. The van der Waals surface area contributed by atoms with E-state index in [4.69, 9.17) is 5.11 Å². The second-order valence-electron chi connectivity index (χ2n) is 3.68. The maximum absolute atomic E-state index is 13.5. The van der Waals surface area contributed by atoms with Crippen LogP contribution in [-0.4, -0.2) is 17.3 Å². The summed E-state index contributed by atoms with van der Waals surface area (Å²) in [5, 5.41) is 8.41. The molecule has 0 atom stereocenters. The van der Waals surface area contributed by atoms with Crippen LogP contribution in [-0.2, 0) is 5.92 Å². The summed E-state index contributed by atoms with van der Waals surface area (Å²) in [6.07, 6.45) is -5.85. The summed E-state index contributed by atoms with van der Waals surface area (Å²) in [4.78, 5) is 9.88. The number of carbonyl (C=O) groups is 1. The molecule has 19 heavy (non-hydrogen) atoms. The van der Waals surface area contributed by atoms with Crippen LogP contribution in [0.5, 0.6) is 0 Å². The fourth-order valence-corrected chi connectivity index (χ4v) is 2.72. The van der Waals surface area contributed by atoms with E-state index in [-0.39, 0.29) is 4.70 Å². The van der Waals surface area contributed by atoms with Gasteiger partial charge in [-0.1, -0.05) is 18.2 Å². The summed E-state index contributed by atoms with van der Waals surface area (Å²) in [5.41, 5.74) is -1.49. The lowest BCUT2D eigenvalue weighted by Gasteiger charge is -2.20. The minimum atomic E-state index is -5.85. The van der Waals surface area contributed by atoms with Crippen LogP contribution in [0.15, 0.2) is 24.3 Å². The molecule has 0 spiro atoms. The van der Waals surface area contributed by atoms with Crippen molar-refractivity contribution in [1.29, 1.82) is 0 Å². The molecule has 0 radical (unpaired) electrons. The molecule has 2 aromatic rings. The first-order valence-electron chi connectivity index (χ1n) is 4.86. The fraction of sp³-hybridized carbons (Fsp3) is 0.182. The molecule has 0 aliphatic heterocycles. The smallest absolute Gasteiger partial charge is 0.458 e. The van der Waals surface area contributed by atoms with E-state index in [1.165, 1.54) is 18.2 Å². The van der Waals surface area contributed by atoms with E-state index in [0.29, 0.717) is 11.3 Å². The molecule has 1 heterocycles. The van der Waals surface area contributed by atoms with Crippen LogP contribution in [0.25, 0.3) is 10.1 Å². The van der Waals surface area contributed by atoms with Gasteiger partial charge in [-0.3, -0.25) is 0 Å². The summed E-state index contributed by atoms with van der Waals surface area (Å²) in [7, 11) is 0. The summed E-state index contributed by atoms with van der Waals surface area (Å²) in [5.74, 6) is -7.01. The Bertz CT molecular complexity index is 644. The van der Waals surface area contributed by atoms with Crippen molar-refractivity contribution < 1.29 is 31.9 Å². The first-order valence-corrected chi connectivity index (χ1v) is 5.67. The quantitative estimate of drug-likeness (QED) is 0.841. The molecule has 1 aromatic heterocycles. The van der Waals surface area contributed by atoms with Crippen LogP contribution in [0.2, 0.25) is 0 Å². The van der Waals surface area contributed by atoms with Gasteiger partial charge in [0.25, 0.3) is 0 Å². The number of thiophene rings is 1. The van der Waals surface area contributed by atoms with E-state index < -0.39 is 33.9 Å². The van der Waals surface area contributed by atoms with Gasteiger partial charge in [-0.2, -0.15) is 22.0 Å². The Morgan fingerprint density at radius 3 is 2.21 bits per heavy atom. The molecule has 0 aliphatic rings. The van der Waals surface area contributed by atoms with Crippen LogP contribution in [0.3, 0.4) is 0 Å². The first-order chi connectivity index (χ1) is 8.66. The molecule has 8 heteroatoms. The SMILES string of the molecule is O=C(O)c1sc2ccccc2c1C(F)(F)C(F)(F)F. The number of halogens is 5. The second kappa shape index (κ2) is 4.16. The van der Waals surface area contributed by atoms with Crippen molar-refractivity contribution in [3.05, 3.63) is 34.7 Å². The molecular formula is C11H5F5O2S. The van der Waals surface area contributed by atoms with E-state index in [9.17, 15) is 26.7 Å². The molecule has 0 fully saturated rings. The molecule has 2 rings (SSSR count). The zero-order valence-electron chi connectivity index (χ0n) is 8.96. The average molecular weight is 296 g/mol. The van der Waals surface area contributed by atoms with E-state index >= 15 is 0 Å². The van der Waals surface area contributed by atoms with Crippen LogP contribution >= 0.6 is 11.3 Å². The van der Waals surface area contributed by atoms with Gasteiger partial charge in [-0.15, -0.1) is 11.3 Å². The Morgan fingerprint density at radius 2 is 1.68 bits per heavy atom. The van der Waals surface area contributed by atoms with Crippen molar-refractivity contribution in [2.24, 2.45) is 0 Å². The maximum Gasteiger partial charge on any atom is 0.458 e. The van der Waals surface area contributed by atoms with Crippen molar-refractivity contribution in [2.45, 2.75) is 12.1 Å². The highest BCUT2D eigenvalue weighted by Crippen LogP contribution is 2.49. The van der Waals surface area contributed by atoms with Crippen molar-refractivity contribution in [1.82, 2.24) is 0 Å². The molecule has 2 nitrogen and oxygen atoms in total. The number of benzene rings is 1. The first kappa shape index (κ1) is 13.7. The molecular weight excluding hydrogens is 291 g/mol. The highest BCUT2D eigenvalue weighted by molar-refractivity contribution is 7.21. The van der Waals surface area contributed by atoms with Crippen LogP contribution in [0.1, 0.15) is 15.2 Å². The minimum Gasteiger partial charge on any atom is -0.477 e. The lowest BCUT2D eigenvalue weighted by Crippen LogP contribution is -2.34. The topological polar surface area (TPSA) is 37.3 Å². The van der Waals surface area contributed by atoms with Gasteiger partial charge in [0.2, 0.25) is 0 Å². The van der Waals surface area contributed by atoms with Gasteiger partial charge in [0.1, 0.15) is 4.88 Å². The molecule has 1 aromatic carbocycles. The summed E-state index contributed by atoms with van der Waals surface area (Å²) in [6, 6.07) is 5.05. The Hall–Kier alpha value is -1.70. The average Bonchev–Trinajstić information content (AvgIpc) is 2.66. The van der Waals surface area contributed by atoms with E-state index in [1.807, 2.05) is 0 Å². The van der Waals surface area contributed by atoms with Crippen molar-refractivity contribution in [2.75, 3.05) is 0 Å². The number of aromatic carboxylic acids is 1. The maximum atomic E-state index is 13.5. The number of hydrogen-bond acceptors (Lipinski definition) is 2. The Morgan fingerprint density at radius 1 is 1.11 bits per heavy atom. The molecule has 0 amide bonds. The third-order valence-corrected chi connectivity index (χ3v) is 3.62. The fourth-order valence-electron chi connectivity index (χ4n) is 1.65. The lowest BCUT2D eigenvalue weighted by molar-refractivity contribution is -0.288. The zero-order valence-corrected chi connectivity index (χ0v) is 9.78. The molecule has 1 N–H and O–H groups in total. The van der Waals surface area contributed by atoms with Crippen LogP contribution in [0.4, 0.5) is 22.0 Å². The third kappa shape index (κ3) is 2.05. The van der Waals surface area contributed by atoms with Crippen molar-refractivity contribution in [3.8, 4) is 0 Å². The molecule has 0 unspecified atom stereocenters. The molecule has 102 valence electrons.